The molecule has 10 nitrogen and oxygen atoms in total. The smallest absolute Gasteiger partial charge is 0.224 e. The maximum atomic E-state index is 14.7. The Kier molecular flexibility index (Phi) is 8.03. The third-order valence-electron chi connectivity index (χ3n) is 7.15. The average molecular weight is 592 g/mol. The van der Waals surface area contributed by atoms with Gasteiger partial charge in [-0.05, 0) is 68.0 Å². The molecular formula is C33H34FN9O. The summed E-state index contributed by atoms with van der Waals surface area (Å²) >= 11 is 0. The first-order valence-electron chi connectivity index (χ1n) is 14.5. The van der Waals surface area contributed by atoms with E-state index in [0.717, 1.165) is 34.3 Å². The van der Waals surface area contributed by atoms with Crippen LogP contribution in [0.5, 0.6) is 0 Å². The molecule has 6 aromatic rings. The Morgan fingerprint density at radius 3 is 2.61 bits per heavy atom. The van der Waals surface area contributed by atoms with E-state index in [4.69, 9.17) is 9.97 Å². The molecule has 4 N–H and O–H groups in total. The Morgan fingerprint density at radius 2 is 1.80 bits per heavy atom. The number of halogens is 1. The van der Waals surface area contributed by atoms with Crippen molar-refractivity contribution < 1.29 is 9.18 Å². The maximum absolute atomic E-state index is 14.7. The van der Waals surface area contributed by atoms with Crippen LogP contribution in [0.4, 0.5) is 15.8 Å². The number of carbonyl (C=O) groups excluding carboxylic acids is 1. The first-order chi connectivity index (χ1) is 21.2. The lowest BCUT2D eigenvalue weighted by atomic mass is 10.0. The van der Waals surface area contributed by atoms with Gasteiger partial charge in [-0.25, -0.2) is 14.4 Å². The van der Waals surface area contributed by atoms with Crippen LogP contribution < -0.4 is 10.6 Å². The lowest BCUT2D eigenvalue weighted by Gasteiger charge is -2.13. The summed E-state index contributed by atoms with van der Waals surface area (Å²) in [6.45, 7) is 5.53. The number of rotatable bonds is 10. The summed E-state index contributed by atoms with van der Waals surface area (Å²) in [6, 6.07) is 16.4. The molecule has 0 spiro atoms. The third-order valence-corrected chi connectivity index (χ3v) is 7.15. The van der Waals surface area contributed by atoms with E-state index < -0.39 is 0 Å². The summed E-state index contributed by atoms with van der Waals surface area (Å²) in [5.74, 6) is 0.414. The van der Waals surface area contributed by atoms with Crippen molar-refractivity contribution in [2.45, 2.75) is 20.3 Å². The molecule has 0 saturated heterocycles. The van der Waals surface area contributed by atoms with Crippen molar-refractivity contribution >= 4 is 39.3 Å². The quantitative estimate of drug-likeness (QED) is 0.147. The van der Waals surface area contributed by atoms with Crippen LogP contribution in [0.15, 0.2) is 67.0 Å². The van der Waals surface area contributed by atoms with Gasteiger partial charge in [0.15, 0.2) is 11.5 Å². The number of aromatic amines is 2. The molecule has 0 aliphatic rings. The normalized spacial score (nSPS) is 11.6. The van der Waals surface area contributed by atoms with Crippen molar-refractivity contribution in [1.82, 2.24) is 35.0 Å². The van der Waals surface area contributed by atoms with Crippen molar-refractivity contribution in [3.63, 3.8) is 0 Å². The summed E-state index contributed by atoms with van der Waals surface area (Å²) in [5, 5.41) is 13.8. The van der Waals surface area contributed by atoms with Gasteiger partial charge in [-0.3, -0.25) is 14.9 Å². The topological polar surface area (TPSA) is 128 Å². The van der Waals surface area contributed by atoms with E-state index in [1.807, 2.05) is 70.4 Å². The highest BCUT2D eigenvalue weighted by Gasteiger charge is 2.18. The molecule has 11 heteroatoms. The van der Waals surface area contributed by atoms with Gasteiger partial charge in [-0.1, -0.05) is 26.0 Å². The summed E-state index contributed by atoms with van der Waals surface area (Å²) in [4.78, 5) is 31.9. The molecule has 1 amide bonds. The first kappa shape index (κ1) is 28.9. The second-order valence-corrected chi connectivity index (χ2v) is 11.5. The number of fused-ring (bicyclic) bond motifs is 2. The Bertz CT molecular complexity index is 1960. The van der Waals surface area contributed by atoms with E-state index in [9.17, 15) is 9.18 Å². The molecule has 4 aromatic heterocycles. The van der Waals surface area contributed by atoms with Crippen LogP contribution in [0.2, 0.25) is 0 Å². The molecule has 0 radical (unpaired) electrons. The van der Waals surface area contributed by atoms with E-state index in [1.165, 1.54) is 12.1 Å². The van der Waals surface area contributed by atoms with Crippen molar-refractivity contribution in [3.05, 3.63) is 72.8 Å². The van der Waals surface area contributed by atoms with Crippen LogP contribution in [0.1, 0.15) is 20.3 Å². The predicted molar refractivity (Wildman–Crippen MR) is 173 cm³/mol. The molecule has 2 aromatic carbocycles. The van der Waals surface area contributed by atoms with Gasteiger partial charge in [-0.2, -0.15) is 5.10 Å². The Hall–Kier alpha value is -5.16. The van der Waals surface area contributed by atoms with Crippen molar-refractivity contribution in [3.8, 4) is 33.9 Å². The Balaban J connectivity index is 1.33. The maximum Gasteiger partial charge on any atom is 0.224 e. The van der Waals surface area contributed by atoms with Crippen LogP contribution in [0.3, 0.4) is 0 Å². The van der Waals surface area contributed by atoms with Gasteiger partial charge in [0.05, 0.1) is 34.1 Å². The molecular weight excluding hydrogens is 557 g/mol. The lowest BCUT2D eigenvalue weighted by Crippen LogP contribution is -2.20. The number of pyridine rings is 2. The molecule has 44 heavy (non-hydrogen) atoms. The first-order valence-corrected chi connectivity index (χ1v) is 14.5. The van der Waals surface area contributed by atoms with Crippen LogP contribution in [0, 0.1) is 11.7 Å². The highest BCUT2D eigenvalue weighted by Crippen LogP contribution is 2.33. The highest BCUT2D eigenvalue weighted by molar-refractivity contribution is 5.97. The number of aromatic nitrogens is 6. The largest absolute Gasteiger partial charge is 0.384 e. The molecule has 4 heterocycles. The standard InChI is InChI=1S/C33H34FN9O/c1-19(2)12-29(44)37-24-15-21(17-35-18-24)26-8-9-28-31(38-26)32(42-41-28)33-39-27-7-5-6-25(30(27)40-33)20-13-22(34)16-23(14-20)36-10-11-43(3)4/h5-9,13-19,36H,10-12H2,1-4H3,(H,37,44)(H,39,40)(H,41,42). The van der Waals surface area contributed by atoms with Crippen LogP contribution in [-0.4, -0.2) is 68.1 Å². The fourth-order valence-electron chi connectivity index (χ4n) is 5.10. The van der Waals surface area contributed by atoms with E-state index in [-0.39, 0.29) is 17.6 Å². The van der Waals surface area contributed by atoms with Gasteiger partial charge >= 0.3 is 0 Å². The van der Waals surface area contributed by atoms with E-state index in [0.29, 0.717) is 52.6 Å². The van der Waals surface area contributed by atoms with E-state index >= 15 is 0 Å². The number of H-pyrrole nitrogens is 2. The second-order valence-electron chi connectivity index (χ2n) is 11.5. The minimum Gasteiger partial charge on any atom is -0.384 e. The highest BCUT2D eigenvalue weighted by atomic mass is 19.1. The molecule has 0 fully saturated rings. The number of anilines is 2. The van der Waals surface area contributed by atoms with Gasteiger partial charge in [-0.15, -0.1) is 0 Å². The lowest BCUT2D eigenvalue weighted by molar-refractivity contribution is -0.116. The number of amides is 1. The van der Waals surface area contributed by atoms with Crippen molar-refractivity contribution in [2.75, 3.05) is 37.8 Å². The molecule has 0 atom stereocenters. The van der Waals surface area contributed by atoms with Gasteiger partial charge in [0, 0.05) is 42.5 Å². The third kappa shape index (κ3) is 6.28. The zero-order chi connectivity index (χ0) is 30.8. The summed E-state index contributed by atoms with van der Waals surface area (Å²) in [6.07, 6.45) is 3.76. The number of para-hydroxylation sites is 1. The molecule has 0 bridgehead atoms. The van der Waals surface area contributed by atoms with Crippen molar-refractivity contribution in [1.29, 1.82) is 0 Å². The van der Waals surface area contributed by atoms with Crippen LogP contribution in [-0.2, 0) is 4.79 Å². The van der Waals surface area contributed by atoms with Gasteiger partial charge in [0.25, 0.3) is 0 Å². The van der Waals surface area contributed by atoms with E-state index in [2.05, 4.69) is 35.7 Å². The molecule has 0 aliphatic heterocycles. The van der Waals surface area contributed by atoms with Gasteiger partial charge < -0.3 is 20.5 Å². The monoisotopic (exact) mass is 591 g/mol. The summed E-state index contributed by atoms with van der Waals surface area (Å²) in [5.41, 5.74) is 7.73. The molecule has 0 saturated carbocycles. The number of benzene rings is 2. The Labute approximate surface area is 254 Å². The number of likely N-dealkylation sites (N-methyl/N-ethyl adjacent to an activating group) is 1. The number of hydrogen-bond acceptors (Lipinski definition) is 7. The zero-order valence-electron chi connectivity index (χ0n) is 25.1. The number of nitrogens with zero attached hydrogens (tertiary/aromatic N) is 5. The van der Waals surface area contributed by atoms with Gasteiger partial charge in [0.2, 0.25) is 5.91 Å². The van der Waals surface area contributed by atoms with Crippen LogP contribution in [0.25, 0.3) is 56.0 Å². The summed E-state index contributed by atoms with van der Waals surface area (Å²) in [7, 11) is 4.00. The van der Waals surface area contributed by atoms with Crippen LogP contribution >= 0.6 is 0 Å². The molecule has 6 rings (SSSR count). The molecule has 0 aliphatic carbocycles. The molecule has 0 unspecified atom stereocenters. The number of carbonyl (C=O) groups is 1. The number of nitrogens with one attached hydrogen (secondary N) is 4. The minimum atomic E-state index is -0.323. The fourth-order valence-corrected chi connectivity index (χ4v) is 5.10. The van der Waals surface area contributed by atoms with Crippen molar-refractivity contribution in [2.24, 2.45) is 5.92 Å². The SMILES string of the molecule is CC(C)CC(=O)Nc1cncc(-c2ccc3[nH]nc(-c4nc5c(-c6cc(F)cc(NCCN(C)C)c6)cccc5[nH]4)c3n2)c1. The number of hydrogen-bond donors (Lipinski definition) is 4. The zero-order valence-corrected chi connectivity index (χ0v) is 25.1. The van der Waals surface area contributed by atoms with E-state index in [1.54, 1.807) is 12.4 Å². The van der Waals surface area contributed by atoms with Gasteiger partial charge in [0.1, 0.15) is 11.3 Å². The second kappa shape index (κ2) is 12.2. The Morgan fingerprint density at radius 1 is 0.955 bits per heavy atom. The minimum absolute atomic E-state index is 0.0567. The average Bonchev–Trinajstić information content (AvgIpc) is 3.60. The fraction of sp³-hybridized carbons (Fsp3) is 0.242. The molecule has 224 valence electrons. The number of imidazole rings is 1. The predicted octanol–water partition coefficient (Wildman–Crippen LogP) is 6.33. The summed E-state index contributed by atoms with van der Waals surface area (Å²) < 4.78 is 14.7.